The molecule has 0 unspecified atom stereocenters. The Kier molecular flexibility index (Phi) is 3.67. The summed E-state index contributed by atoms with van der Waals surface area (Å²) >= 11 is 0. The van der Waals surface area contributed by atoms with E-state index in [9.17, 15) is 13.2 Å². The zero-order chi connectivity index (χ0) is 15.7. The molecule has 0 spiro atoms. The molecule has 1 aliphatic rings. The van der Waals surface area contributed by atoms with Crippen molar-refractivity contribution in [1.29, 1.82) is 0 Å². The number of aromatic nitrogens is 1. The van der Waals surface area contributed by atoms with Crippen molar-refractivity contribution in [2.24, 2.45) is 5.73 Å². The van der Waals surface area contributed by atoms with E-state index < -0.39 is 22.0 Å². The normalized spacial score (nSPS) is 18.6. The maximum absolute atomic E-state index is 12.8. The zero-order valence-electron chi connectivity index (χ0n) is 11.7. The van der Waals surface area contributed by atoms with Crippen molar-refractivity contribution in [3.63, 3.8) is 0 Å². The summed E-state index contributed by atoms with van der Waals surface area (Å²) in [6.07, 6.45) is 3.05. The fourth-order valence-corrected chi connectivity index (χ4v) is 4.17. The van der Waals surface area contributed by atoms with E-state index >= 15 is 0 Å². The summed E-state index contributed by atoms with van der Waals surface area (Å²) in [4.78, 5) is 15.6. The lowest BCUT2D eigenvalue weighted by Gasteiger charge is -2.33. The summed E-state index contributed by atoms with van der Waals surface area (Å²) in [5.74, 6) is -0.651. The molecule has 2 heterocycles. The molecule has 0 fully saturated rings. The number of carbonyl (C=O) groups is 1. The lowest BCUT2D eigenvalue weighted by molar-refractivity contribution is -0.122. The number of fused-ring (bicyclic) bond motifs is 1. The molecule has 7 heteroatoms. The maximum Gasteiger partial charge on any atom is 0.245 e. The Morgan fingerprint density at radius 2 is 1.91 bits per heavy atom. The van der Waals surface area contributed by atoms with Crippen LogP contribution in [0, 0.1) is 0 Å². The van der Waals surface area contributed by atoms with Gasteiger partial charge in [-0.05, 0) is 29.7 Å². The van der Waals surface area contributed by atoms with Gasteiger partial charge < -0.3 is 5.73 Å². The van der Waals surface area contributed by atoms with Crippen molar-refractivity contribution >= 4 is 15.9 Å². The standard InChI is InChI=1S/C15H15N3O3S/c16-15(19)14-8-11-4-1-2-5-12(11)10-18(14)22(20,21)13-6-3-7-17-9-13/h1-7,9,14H,8,10H2,(H2,16,19)/t14-/m0/s1. The van der Waals surface area contributed by atoms with Crippen LogP contribution in [0.1, 0.15) is 11.1 Å². The fraction of sp³-hybridized carbons (Fsp3) is 0.200. The van der Waals surface area contributed by atoms with Crippen LogP contribution in [0.4, 0.5) is 0 Å². The average Bonchev–Trinajstić information content (AvgIpc) is 2.54. The van der Waals surface area contributed by atoms with Gasteiger partial charge in [-0.1, -0.05) is 24.3 Å². The highest BCUT2D eigenvalue weighted by Crippen LogP contribution is 2.28. The van der Waals surface area contributed by atoms with Gasteiger partial charge in [0.25, 0.3) is 0 Å². The summed E-state index contributed by atoms with van der Waals surface area (Å²) in [6, 6.07) is 9.57. The number of rotatable bonds is 3. The third kappa shape index (κ3) is 2.49. The minimum atomic E-state index is -3.83. The van der Waals surface area contributed by atoms with E-state index in [0.717, 1.165) is 15.4 Å². The molecular weight excluding hydrogens is 302 g/mol. The number of hydrogen-bond donors (Lipinski definition) is 1. The Balaban J connectivity index is 2.07. The third-order valence-corrected chi connectivity index (χ3v) is 5.61. The molecule has 0 bridgehead atoms. The van der Waals surface area contributed by atoms with Crippen molar-refractivity contribution in [2.75, 3.05) is 0 Å². The lowest BCUT2D eigenvalue weighted by Crippen LogP contribution is -2.51. The van der Waals surface area contributed by atoms with Crippen LogP contribution in [0.2, 0.25) is 0 Å². The summed E-state index contributed by atoms with van der Waals surface area (Å²) < 4.78 is 26.7. The summed E-state index contributed by atoms with van der Waals surface area (Å²) in [5, 5.41) is 0. The van der Waals surface area contributed by atoms with E-state index in [1.54, 1.807) is 6.07 Å². The summed E-state index contributed by atoms with van der Waals surface area (Å²) in [6.45, 7) is 0.126. The van der Waals surface area contributed by atoms with E-state index in [2.05, 4.69) is 4.98 Å². The summed E-state index contributed by atoms with van der Waals surface area (Å²) in [5.41, 5.74) is 7.26. The molecule has 1 aliphatic heterocycles. The highest BCUT2D eigenvalue weighted by molar-refractivity contribution is 7.89. The Hall–Kier alpha value is -2.25. The molecule has 2 N–H and O–H groups in total. The van der Waals surface area contributed by atoms with Crippen LogP contribution in [-0.2, 0) is 27.8 Å². The van der Waals surface area contributed by atoms with Gasteiger partial charge in [0.05, 0.1) is 0 Å². The van der Waals surface area contributed by atoms with Gasteiger partial charge in [-0.2, -0.15) is 4.31 Å². The van der Waals surface area contributed by atoms with Crippen molar-refractivity contribution < 1.29 is 13.2 Å². The number of benzene rings is 1. The van der Waals surface area contributed by atoms with E-state index in [1.807, 2.05) is 24.3 Å². The minimum Gasteiger partial charge on any atom is -0.368 e. The Labute approximate surface area is 128 Å². The first-order valence-corrected chi connectivity index (χ1v) is 8.22. The number of carbonyl (C=O) groups excluding carboxylic acids is 1. The van der Waals surface area contributed by atoms with E-state index in [4.69, 9.17) is 5.73 Å². The van der Waals surface area contributed by atoms with Crippen molar-refractivity contribution in [3.05, 3.63) is 59.9 Å². The van der Waals surface area contributed by atoms with Crippen LogP contribution in [0.15, 0.2) is 53.7 Å². The number of hydrogen-bond acceptors (Lipinski definition) is 4. The first kappa shape index (κ1) is 14.7. The van der Waals surface area contributed by atoms with Crippen LogP contribution in [0.5, 0.6) is 0 Å². The lowest BCUT2D eigenvalue weighted by atomic mass is 9.96. The minimum absolute atomic E-state index is 0.0561. The molecular formula is C15H15N3O3S. The van der Waals surface area contributed by atoms with Gasteiger partial charge in [-0.3, -0.25) is 9.78 Å². The van der Waals surface area contributed by atoms with Crippen LogP contribution in [-0.4, -0.2) is 29.7 Å². The number of amides is 1. The van der Waals surface area contributed by atoms with Gasteiger partial charge in [0.15, 0.2) is 0 Å². The molecule has 1 aromatic carbocycles. The van der Waals surface area contributed by atoms with Gasteiger partial charge in [0.1, 0.15) is 10.9 Å². The van der Waals surface area contributed by atoms with Crippen molar-refractivity contribution in [1.82, 2.24) is 9.29 Å². The second-order valence-electron chi connectivity index (χ2n) is 5.13. The fourth-order valence-electron chi connectivity index (χ4n) is 2.63. The van der Waals surface area contributed by atoms with Crippen molar-refractivity contribution in [3.8, 4) is 0 Å². The SMILES string of the molecule is NC(=O)[C@@H]1Cc2ccccc2CN1S(=O)(=O)c1cccnc1. The highest BCUT2D eigenvalue weighted by Gasteiger charge is 2.38. The molecule has 0 radical (unpaired) electrons. The molecule has 3 rings (SSSR count). The highest BCUT2D eigenvalue weighted by atomic mass is 32.2. The van der Waals surface area contributed by atoms with E-state index in [-0.39, 0.29) is 17.9 Å². The number of nitrogens with two attached hydrogens (primary N) is 1. The predicted octanol–water partition coefficient (Wildman–Crippen LogP) is 0.682. The Morgan fingerprint density at radius 3 is 2.55 bits per heavy atom. The molecule has 1 atom stereocenters. The largest absolute Gasteiger partial charge is 0.368 e. The predicted molar refractivity (Wildman–Crippen MR) is 80.1 cm³/mol. The van der Waals surface area contributed by atoms with Gasteiger partial charge in [0, 0.05) is 18.9 Å². The molecule has 1 amide bonds. The molecule has 0 saturated heterocycles. The molecule has 22 heavy (non-hydrogen) atoms. The second kappa shape index (κ2) is 5.51. The van der Waals surface area contributed by atoms with Crippen LogP contribution >= 0.6 is 0 Å². The first-order chi connectivity index (χ1) is 10.5. The number of sulfonamides is 1. The molecule has 1 aromatic heterocycles. The number of pyridine rings is 1. The van der Waals surface area contributed by atoms with Gasteiger partial charge >= 0.3 is 0 Å². The monoisotopic (exact) mass is 317 g/mol. The van der Waals surface area contributed by atoms with Gasteiger partial charge in [-0.25, -0.2) is 8.42 Å². The van der Waals surface area contributed by atoms with E-state index in [0.29, 0.717) is 0 Å². The number of nitrogens with zero attached hydrogens (tertiary/aromatic N) is 2. The smallest absolute Gasteiger partial charge is 0.245 e. The first-order valence-electron chi connectivity index (χ1n) is 6.78. The van der Waals surface area contributed by atoms with Crippen molar-refractivity contribution in [2.45, 2.75) is 23.9 Å². The van der Waals surface area contributed by atoms with Crippen LogP contribution < -0.4 is 5.73 Å². The van der Waals surface area contributed by atoms with Gasteiger partial charge in [0.2, 0.25) is 15.9 Å². The molecule has 114 valence electrons. The van der Waals surface area contributed by atoms with Gasteiger partial charge in [-0.15, -0.1) is 0 Å². The average molecular weight is 317 g/mol. The maximum atomic E-state index is 12.8. The van der Waals surface area contributed by atoms with E-state index in [1.165, 1.54) is 18.5 Å². The molecule has 2 aromatic rings. The molecule has 0 aliphatic carbocycles. The molecule has 6 nitrogen and oxygen atoms in total. The zero-order valence-corrected chi connectivity index (χ0v) is 12.5. The molecule has 0 saturated carbocycles. The Bertz CT molecular complexity index is 806. The Morgan fingerprint density at radius 1 is 1.18 bits per heavy atom. The second-order valence-corrected chi connectivity index (χ2v) is 7.02. The van der Waals surface area contributed by atoms with Crippen LogP contribution in [0.25, 0.3) is 0 Å². The number of primary amides is 1. The summed E-state index contributed by atoms with van der Waals surface area (Å²) in [7, 11) is -3.83. The quantitative estimate of drug-likeness (QED) is 0.901. The topological polar surface area (TPSA) is 93.4 Å². The third-order valence-electron chi connectivity index (χ3n) is 3.77. The van der Waals surface area contributed by atoms with Crippen LogP contribution in [0.3, 0.4) is 0 Å².